The van der Waals surface area contributed by atoms with Crippen molar-refractivity contribution in [2.75, 3.05) is 12.4 Å². The van der Waals surface area contributed by atoms with Gasteiger partial charge in [0.05, 0.1) is 7.11 Å². The standard InChI is InChI=1S/C12H14ClNO3/c1-12(2,11(16)17-3)10(15)14-9-6-4-5-8(13)7-9/h4-7H,1-3H3,(H,14,15). The van der Waals surface area contributed by atoms with Crippen molar-refractivity contribution in [3.05, 3.63) is 29.3 Å². The average molecular weight is 256 g/mol. The van der Waals surface area contributed by atoms with Crippen molar-refractivity contribution >= 4 is 29.2 Å². The van der Waals surface area contributed by atoms with Crippen LogP contribution in [0.1, 0.15) is 13.8 Å². The van der Waals surface area contributed by atoms with Crippen LogP contribution in [0.3, 0.4) is 0 Å². The minimum Gasteiger partial charge on any atom is -0.468 e. The van der Waals surface area contributed by atoms with Crippen molar-refractivity contribution in [2.24, 2.45) is 5.41 Å². The fraction of sp³-hybridized carbons (Fsp3) is 0.333. The smallest absolute Gasteiger partial charge is 0.320 e. The molecule has 0 radical (unpaired) electrons. The summed E-state index contributed by atoms with van der Waals surface area (Å²) < 4.78 is 4.57. The minimum absolute atomic E-state index is 0.438. The van der Waals surface area contributed by atoms with Crippen molar-refractivity contribution < 1.29 is 14.3 Å². The summed E-state index contributed by atoms with van der Waals surface area (Å²) in [5.41, 5.74) is -0.698. The number of ether oxygens (including phenoxy) is 1. The van der Waals surface area contributed by atoms with Crippen LogP contribution in [0.2, 0.25) is 5.02 Å². The summed E-state index contributed by atoms with van der Waals surface area (Å²) in [5, 5.41) is 3.13. The number of carbonyl (C=O) groups excluding carboxylic acids is 2. The number of halogens is 1. The van der Waals surface area contributed by atoms with Gasteiger partial charge in [-0.25, -0.2) is 0 Å². The molecular formula is C12H14ClNO3. The van der Waals surface area contributed by atoms with Gasteiger partial charge in [-0.3, -0.25) is 9.59 Å². The van der Waals surface area contributed by atoms with Crippen molar-refractivity contribution in [3.63, 3.8) is 0 Å². The first-order chi connectivity index (χ1) is 7.87. The highest BCUT2D eigenvalue weighted by Crippen LogP contribution is 2.21. The van der Waals surface area contributed by atoms with Gasteiger partial charge in [-0.1, -0.05) is 17.7 Å². The van der Waals surface area contributed by atoms with Crippen LogP contribution in [0.5, 0.6) is 0 Å². The molecule has 0 aromatic heterocycles. The Hall–Kier alpha value is -1.55. The number of hydrogen-bond donors (Lipinski definition) is 1. The highest BCUT2D eigenvalue weighted by atomic mass is 35.5. The number of carbonyl (C=O) groups is 2. The first-order valence-corrected chi connectivity index (χ1v) is 5.41. The largest absolute Gasteiger partial charge is 0.468 e. The fourth-order valence-electron chi connectivity index (χ4n) is 1.20. The summed E-state index contributed by atoms with van der Waals surface area (Å²) in [4.78, 5) is 23.3. The third-order valence-electron chi connectivity index (χ3n) is 2.35. The molecule has 0 aliphatic carbocycles. The molecule has 0 saturated carbocycles. The monoisotopic (exact) mass is 255 g/mol. The maximum Gasteiger partial charge on any atom is 0.320 e. The third kappa shape index (κ3) is 3.20. The Morgan fingerprint density at radius 3 is 2.53 bits per heavy atom. The van der Waals surface area contributed by atoms with Crippen molar-refractivity contribution in [3.8, 4) is 0 Å². The van der Waals surface area contributed by atoms with E-state index >= 15 is 0 Å². The molecule has 4 nitrogen and oxygen atoms in total. The normalized spacial score (nSPS) is 10.8. The van der Waals surface area contributed by atoms with Crippen LogP contribution >= 0.6 is 11.6 Å². The zero-order valence-corrected chi connectivity index (χ0v) is 10.7. The molecule has 0 fully saturated rings. The van der Waals surface area contributed by atoms with Crippen molar-refractivity contribution in [2.45, 2.75) is 13.8 Å². The maximum absolute atomic E-state index is 11.9. The van der Waals surface area contributed by atoms with Crippen LogP contribution < -0.4 is 5.32 Å². The number of esters is 1. The van der Waals surface area contributed by atoms with E-state index < -0.39 is 17.3 Å². The molecule has 1 aromatic rings. The highest BCUT2D eigenvalue weighted by Gasteiger charge is 2.37. The Morgan fingerprint density at radius 1 is 1.35 bits per heavy atom. The molecule has 1 N–H and O–H groups in total. The van der Waals surface area contributed by atoms with Gasteiger partial charge in [0.15, 0.2) is 0 Å². The third-order valence-corrected chi connectivity index (χ3v) is 2.58. The molecule has 0 bridgehead atoms. The summed E-state index contributed by atoms with van der Waals surface area (Å²) in [5.74, 6) is -1.02. The minimum atomic E-state index is -1.24. The summed E-state index contributed by atoms with van der Waals surface area (Å²) in [6, 6.07) is 6.70. The van der Waals surface area contributed by atoms with E-state index in [0.717, 1.165) is 0 Å². The molecule has 0 heterocycles. The second kappa shape index (κ2) is 5.19. The van der Waals surface area contributed by atoms with Gasteiger partial charge in [0.2, 0.25) is 5.91 Å². The Balaban J connectivity index is 2.82. The van der Waals surface area contributed by atoms with E-state index in [1.165, 1.54) is 21.0 Å². The molecule has 92 valence electrons. The molecular weight excluding hydrogens is 242 g/mol. The van der Waals surface area contributed by atoms with Crippen LogP contribution in [0, 0.1) is 5.41 Å². The Bertz CT molecular complexity index is 443. The summed E-state index contributed by atoms with van der Waals surface area (Å²) >= 11 is 5.79. The molecule has 0 atom stereocenters. The molecule has 0 saturated heterocycles. The molecule has 0 spiro atoms. The predicted octanol–water partition coefficient (Wildman–Crippen LogP) is 2.48. The number of benzene rings is 1. The number of rotatable bonds is 3. The van der Waals surface area contributed by atoms with E-state index in [0.29, 0.717) is 10.7 Å². The summed E-state index contributed by atoms with van der Waals surface area (Å²) in [7, 11) is 1.25. The number of hydrogen-bond acceptors (Lipinski definition) is 3. The lowest BCUT2D eigenvalue weighted by Crippen LogP contribution is -2.38. The highest BCUT2D eigenvalue weighted by molar-refractivity contribution is 6.30. The van der Waals surface area contributed by atoms with Gasteiger partial charge in [0, 0.05) is 10.7 Å². The SMILES string of the molecule is COC(=O)C(C)(C)C(=O)Nc1cccc(Cl)c1. The Labute approximate surface area is 105 Å². The quantitative estimate of drug-likeness (QED) is 0.667. The van der Waals surface area contributed by atoms with Crippen LogP contribution in [0.15, 0.2) is 24.3 Å². The molecule has 0 aliphatic heterocycles. The van der Waals surface area contributed by atoms with Crippen LogP contribution in [0.4, 0.5) is 5.69 Å². The first-order valence-electron chi connectivity index (χ1n) is 5.03. The second-order valence-electron chi connectivity index (χ2n) is 4.08. The lowest BCUT2D eigenvalue weighted by Gasteiger charge is -2.20. The van der Waals surface area contributed by atoms with Crippen LogP contribution in [0.25, 0.3) is 0 Å². The van der Waals surface area contributed by atoms with Gasteiger partial charge in [0.1, 0.15) is 5.41 Å². The number of nitrogens with one attached hydrogen (secondary N) is 1. The Morgan fingerprint density at radius 2 is 2.00 bits per heavy atom. The zero-order chi connectivity index (χ0) is 13.1. The lowest BCUT2D eigenvalue weighted by atomic mass is 9.92. The Kier molecular flexibility index (Phi) is 4.12. The van der Waals surface area contributed by atoms with Crippen LogP contribution in [-0.2, 0) is 14.3 Å². The fourth-order valence-corrected chi connectivity index (χ4v) is 1.39. The van der Waals surface area contributed by atoms with Gasteiger partial charge in [-0.2, -0.15) is 0 Å². The molecule has 1 amide bonds. The predicted molar refractivity (Wildman–Crippen MR) is 65.9 cm³/mol. The van der Waals surface area contributed by atoms with Crippen molar-refractivity contribution in [1.82, 2.24) is 0 Å². The first kappa shape index (κ1) is 13.5. The zero-order valence-electron chi connectivity index (χ0n) is 9.91. The number of amides is 1. The average Bonchev–Trinajstić information content (AvgIpc) is 2.27. The van der Waals surface area contributed by atoms with Gasteiger partial charge in [-0.05, 0) is 32.0 Å². The number of anilines is 1. The molecule has 1 aromatic carbocycles. The van der Waals surface area contributed by atoms with E-state index in [1.54, 1.807) is 24.3 Å². The van der Waals surface area contributed by atoms with Gasteiger partial charge >= 0.3 is 5.97 Å². The van der Waals surface area contributed by atoms with Gasteiger partial charge in [-0.15, -0.1) is 0 Å². The maximum atomic E-state index is 11.9. The van der Waals surface area contributed by atoms with E-state index in [2.05, 4.69) is 10.1 Å². The summed E-state index contributed by atoms with van der Waals surface area (Å²) in [6.07, 6.45) is 0. The van der Waals surface area contributed by atoms with Gasteiger partial charge in [0.25, 0.3) is 0 Å². The summed E-state index contributed by atoms with van der Waals surface area (Å²) in [6.45, 7) is 3.00. The van der Waals surface area contributed by atoms with Crippen LogP contribution in [-0.4, -0.2) is 19.0 Å². The lowest BCUT2D eigenvalue weighted by molar-refractivity contribution is -0.154. The van der Waals surface area contributed by atoms with Crippen molar-refractivity contribution in [1.29, 1.82) is 0 Å². The van der Waals surface area contributed by atoms with Gasteiger partial charge < -0.3 is 10.1 Å². The second-order valence-corrected chi connectivity index (χ2v) is 4.52. The molecule has 5 heteroatoms. The molecule has 0 unspecified atom stereocenters. The van der Waals surface area contributed by atoms with E-state index in [-0.39, 0.29) is 0 Å². The van der Waals surface area contributed by atoms with E-state index in [1.807, 2.05) is 0 Å². The van der Waals surface area contributed by atoms with E-state index in [9.17, 15) is 9.59 Å². The topological polar surface area (TPSA) is 55.4 Å². The number of methoxy groups -OCH3 is 1. The molecule has 1 rings (SSSR count). The molecule has 0 aliphatic rings. The van der Waals surface area contributed by atoms with E-state index in [4.69, 9.17) is 11.6 Å². The molecule has 17 heavy (non-hydrogen) atoms.